The van der Waals surface area contributed by atoms with Gasteiger partial charge < -0.3 is 10.6 Å². The van der Waals surface area contributed by atoms with Crippen LogP contribution < -0.4 is 10.6 Å². The van der Waals surface area contributed by atoms with Crippen LogP contribution in [0.5, 0.6) is 0 Å². The van der Waals surface area contributed by atoms with Crippen LogP contribution in [0.4, 0.5) is 11.5 Å². The van der Waals surface area contributed by atoms with Crippen LogP contribution in [0.1, 0.15) is 16.1 Å². The average Bonchev–Trinajstić information content (AvgIpc) is 2.49. The summed E-state index contributed by atoms with van der Waals surface area (Å²) in [6, 6.07) is 5.59. The van der Waals surface area contributed by atoms with E-state index in [2.05, 4.69) is 43.1 Å². The van der Waals surface area contributed by atoms with E-state index >= 15 is 0 Å². The lowest BCUT2D eigenvalue weighted by Gasteiger charge is -2.07. The summed E-state index contributed by atoms with van der Waals surface area (Å²) in [5.41, 5.74) is 2.03. The molecule has 1 heterocycles. The third-order valence-electron chi connectivity index (χ3n) is 2.73. The first-order valence-corrected chi connectivity index (χ1v) is 7.14. The third kappa shape index (κ3) is 4.13. The number of carbonyl (C=O) groups is 1. The number of benzene rings is 1. The van der Waals surface area contributed by atoms with Gasteiger partial charge in [0.2, 0.25) is 0 Å². The van der Waals surface area contributed by atoms with Crippen LogP contribution in [0.15, 0.2) is 47.7 Å². The molecule has 0 saturated carbocycles. The molecule has 21 heavy (non-hydrogen) atoms. The number of halogens is 1. The number of aromatic nitrogens is 2. The van der Waals surface area contributed by atoms with E-state index in [1.54, 1.807) is 6.08 Å². The second-order valence-electron chi connectivity index (χ2n) is 4.37. The minimum absolute atomic E-state index is 0.264. The molecule has 2 rings (SSSR count). The monoisotopic (exact) mass is 346 g/mol. The maximum Gasteiger partial charge on any atom is 0.275 e. The summed E-state index contributed by atoms with van der Waals surface area (Å²) >= 11 is 3.42. The summed E-state index contributed by atoms with van der Waals surface area (Å²) in [6.45, 7) is 6.16. The Bertz CT molecular complexity index is 655. The van der Waals surface area contributed by atoms with E-state index < -0.39 is 0 Å². The Morgan fingerprint density at radius 2 is 2.19 bits per heavy atom. The van der Waals surface area contributed by atoms with Crippen LogP contribution in [0.25, 0.3) is 0 Å². The lowest BCUT2D eigenvalue weighted by Crippen LogP contribution is -2.14. The van der Waals surface area contributed by atoms with Gasteiger partial charge >= 0.3 is 0 Å². The first kappa shape index (κ1) is 15.2. The standard InChI is InChI=1S/C15H15BrN4O/c1-3-6-17-14-9-18-13(8-19-14)15(21)20-11-4-5-12(16)10(2)7-11/h3-5,7-9H,1,6H2,2H3,(H,17,19)(H,20,21). The van der Waals surface area contributed by atoms with Crippen LogP contribution >= 0.6 is 15.9 Å². The van der Waals surface area contributed by atoms with Gasteiger partial charge in [0.1, 0.15) is 11.5 Å². The van der Waals surface area contributed by atoms with E-state index in [0.29, 0.717) is 12.4 Å². The Morgan fingerprint density at radius 1 is 1.38 bits per heavy atom. The number of carbonyl (C=O) groups excluding carboxylic acids is 1. The maximum absolute atomic E-state index is 12.1. The number of rotatable bonds is 5. The fraction of sp³-hybridized carbons (Fsp3) is 0.133. The molecule has 2 N–H and O–H groups in total. The molecule has 0 saturated heterocycles. The lowest BCUT2D eigenvalue weighted by atomic mass is 10.2. The van der Waals surface area contributed by atoms with Gasteiger partial charge in [0, 0.05) is 16.7 Å². The number of hydrogen-bond donors (Lipinski definition) is 2. The Balaban J connectivity index is 2.05. The number of nitrogens with one attached hydrogen (secondary N) is 2. The molecule has 0 radical (unpaired) electrons. The highest BCUT2D eigenvalue weighted by Crippen LogP contribution is 2.20. The number of aryl methyl sites for hydroxylation is 1. The summed E-state index contributed by atoms with van der Waals surface area (Å²) in [4.78, 5) is 20.3. The van der Waals surface area contributed by atoms with E-state index in [0.717, 1.165) is 15.7 Å². The van der Waals surface area contributed by atoms with Crippen LogP contribution in [0.2, 0.25) is 0 Å². The molecule has 0 aliphatic rings. The first-order chi connectivity index (χ1) is 10.1. The van der Waals surface area contributed by atoms with Crippen LogP contribution in [-0.2, 0) is 0 Å². The van der Waals surface area contributed by atoms with Gasteiger partial charge in [0.25, 0.3) is 5.91 Å². The van der Waals surface area contributed by atoms with Crippen molar-refractivity contribution in [2.75, 3.05) is 17.2 Å². The van der Waals surface area contributed by atoms with Gasteiger partial charge in [-0.05, 0) is 30.7 Å². The number of anilines is 2. The molecule has 0 aliphatic heterocycles. The Hall–Kier alpha value is -2.21. The third-order valence-corrected chi connectivity index (χ3v) is 3.62. The highest BCUT2D eigenvalue weighted by Gasteiger charge is 2.09. The van der Waals surface area contributed by atoms with Crippen molar-refractivity contribution in [3.05, 3.63) is 59.0 Å². The van der Waals surface area contributed by atoms with Gasteiger partial charge in [-0.15, -0.1) is 6.58 Å². The molecule has 0 unspecified atom stereocenters. The molecule has 1 aromatic carbocycles. The minimum Gasteiger partial charge on any atom is -0.365 e. The van der Waals surface area contributed by atoms with E-state index in [1.807, 2.05) is 25.1 Å². The van der Waals surface area contributed by atoms with Gasteiger partial charge in [0.15, 0.2) is 0 Å². The highest BCUT2D eigenvalue weighted by atomic mass is 79.9. The molecule has 1 aromatic heterocycles. The van der Waals surface area contributed by atoms with Gasteiger partial charge in [-0.2, -0.15) is 0 Å². The predicted octanol–water partition coefficient (Wildman–Crippen LogP) is 3.40. The largest absolute Gasteiger partial charge is 0.365 e. The molecule has 5 nitrogen and oxygen atoms in total. The maximum atomic E-state index is 12.1. The Kier molecular flexibility index (Phi) is 5.05. The second kappa shape index (κ2) is 6.99. The smallest absolute Gasteiger partial charge is 0.275 e. The highest BCUT2D eigenvalue weighted by molar-refractivity contribution is 9.10. The van der Waals surface area contributed by atoms with Crippen molar-refractivity contribution in [1.29, 1.82) is 0 Å². The average molecular weight is 347 g/mol. The number of nitrogens with zero attached hydrogens (tertiary/aromatic N) is 2. The molecule has 1 amide bonds. The zero-order chi connectivity index (χ0) is 15.2. The topological polar surface area (TPSA) is 66.9 Å². The molecule has 2 aromatic rings. The fourth-order valence-corrected chi connectivity index (χ4v) is 1.88. The van der Waals surface area contributed by atoms with Crippen molar-refractivity contribution in [1.82, 2.24) is 9.97 Å². The molecule has 0 bridgehead atoms. The second-order valence-corrected chi connectivity index (χ2v) is 5.23. The lowest BCUT2D eigenvalue weighted by molar-refractivity contribution is 0.102. The normalized spacial score (nSPS) is 10.0. The zero-order valence-electron chi connectivity index (χ0n) is 11.6. The number of hydrogen-bond acceptors (Lipinski definition) is 4. The van der Waals surface area contributed by atoms with Crippen molar-refractivity contribution in [3.63, 3.8) is 0 Å². The van der Waals surface area contributed by atoms with Gasteiger partial charge in [0.05, 0.1) is 12.4 Å². The SMILES string of the molecule is C=CCNc1cnc(C(=O)Nc2ccc(Br)c(C)c2)cn1. The molecular formula is C15H15BrN4O. The molecule has 108 valence electrons. The molecule has 6 heteroatoms. The first-order valence-electron chi connectivity index (χ1n) is 6.34. The molecule has 0 atom stereocenters. The van der Waals surface area contributed by atoms with E-state index in [9.17, 15) is 4.79 Å². The van der Waals surface area contributed by atoms with Crippen molar-refractivity contribution in [2.45, 2.75) is 6.92 Å². The van der Waals surface area contributed by atoms with E-state index in [-0.39, 0.29) is 11.6 Å². The van der Waals surface area contributed by atoms with Gasteiger partial charge in [-0.1, -0.05) is 22.0 Å². The molecule has 0 spiro atoms. The molecular weight excluding hydrogens is 332 g/mol. The molecule has 0 aliphatic carbocycles. The van der Waals surface area contributed by atoms with Crippen molar-refractivity contribution >= 4 is 33.3 Å². The van der Waals surface area contributed by atoms with Crippen molar-refractivity contribution in [2.24, 2.45) is 0 Å². The summed E-state index contributed by atoms with van der Waals surface area (Å²) < 4.78 is 0.998. The minimum atomic E-state index is -0.292. The summed E-state index contributed by atoms with van der Waals surface area (Å²) in [5.74, 6) is 0.311. The Labute approximate surface area is 131 Å². The quantitative estimate of drug-likeness (QED) is 0.814. The summed E-state index contributed by atoms with van der Waals surface area (Å²) in [7, 11) is 0. The van der Waals surface area contributed by atoms with E-state index in [4.69, 9.17) is 0 Å². The van der Waals surface area contributed by atoms with Gasteiger partial charge in [-0.3, -0.25) is 4.79 Å². The fourth-order valence-electron chi connectivity index (χ4n) is 1.63. The van der Waals surface area contributed by atoms with Crippen LogP contribution in [0.3, 0.4) is 0 Å². The Morgan fingerprint density at radius 3 is 2.81 bits per heavy atom. The summed E-state index contributed by atoms with van der Waals surface area (Å²) in [5, 5.41) is 5.79. The molecule has 0 fully saturated rings. The summed E-state index contributed by atoms with van der Waals surface area (Å²) in [6.07, 6.45) is 4.68. The van der Waals surface area contributed by atoms with Gasteiger partial charge in [-0.25, -0.2) is 9.97 Å². The van der Waals surface area contributed by atoms with Crippen molar-refractivity contribution in [3.8, 4) is 0 Å². The zero-order valence-corrected chi connectivity index (χ0v) is 13.1. The van der Waals surface area contributed by atoms with Crippen LogP contribution in [0, 0.1) is 6.92 Å². The van der Waals surface area contributed by atoms with Crippen molar-refractivity contribution < 1.29 is 4.79 Å². The predicted molar refractivity (Wildman–Crippen MR) is 87.6 cm³/mol. The van der Waals surface area contributed by atoms with E-state index in [1.165, 1.54) is 12.4 Å². The number of amides is 1. The van der Waals surface area contributed by atoms with Crippen LogP contribution in [-0.4, -0.2) is 22.4 Å².